The molecule has 162 valence electrons. The van der Waals surface area contributed by atoms with Crippen LogP contribution in [-0.2, 0) is 14.8 Å². The third-order valence-corrected chi connectivity index (χ3v) is 6.90. The molecular formula is C23H23BrN2O4S. The first-order valence-electron chi connectivity index (χ1n) is 9.50. The van der Waals surface area contributed by atoms with Crippen molar-refractivity contribution in [3.05, 3.63) is 82.3 Å². The maximum atomic E-state index is 13.4. The van der Waals surface area contributed by atoms with Gasteiger partial charge in [0.05, 0.1) is 23.4 Å². The van der Waals surface area contributed by atoms with Crippen LogP contribution in [0, 0.1) is 13.8 Å². The molecule has 0 aliphatic rings. The molecule has 6 nitrogen and oxygen atoms in total. The number of hydrogen-bond donors (Lipinski definition) is 1. The molecule has 0 unspecified atom stereocenters. The first kappa shape index (κ1) is 22.8. The van der Waals surface area contributed by atoms with Crippen molar-refractivity contribution in [2.24, 2.45) is 0 Å². The fourth-order valence-corrected chi connectivity index (χ4v) is 4.82. The second-order valence-corrected chi connectivity index (χ2v) is 9.83. The van der Waals surface area contributed by atoms with Crippen LogP contribution in [0.15, 0.2) is 76.1 Å². The van der Waals surface area contributed by atoms with E-state index in [-0.39, 0.29) is 4.90 Å². The van der Waals surface area contributed by atoms with Gasteiger partial charge in [0.15, 0.2) is 0 Å². The highest BCUT2D eigenvalue weighted by Gasteiger charge is 2.27. The number of amides is 1. The molecule has 0 radical (unpaired) electrons. The van der Waals surface area contributed by atoms with Gasteiger partial charge < -0.3 is 10.1 Å². The van der Waals surface area contributed by atoms with Crippen LogP contribution in [-0.4, -0.2) is 28.0 Å². The minimum absolute atomic E-state index is 0.110. The molecular weight excluding hydrogens is 480 g/mol. The number of carbonyl (C=O) groups excluding carboxylic acids is 1. The number of hydrogen-bond acceptors (Lipinski definition) is 4. The number of halogens is 1. The lowest BCUT2D eigenvalue weighted by Crippen LogP contribution is -2.38. The SMILES string of the molecule is COc1ccc(C)cc1NC(=O)CN(c1cccc(Br)c1)S(=O)(=O)c1ccc(C)cc1. The van der Waals surface area contributed by atoms with Crippen molar-refractivity contribution in [2.45, 2.75) is 18.7 Å². The Bertz CT molecular complexity index is 1190. The van der Waals surface area contributed by atoms with Crippen LogP contribution in [0.1, 0.15) is 11.1 Å². The fourth-order valence-electron chi connectivity index (χ4n) is 3.02. The molecule has 1 N–H and O–H groups in total. The van der Waals surface area contributed by atoms with E-state index in [0.29, 0.717) is 21.6 Å². The highest BCUT2D eigenvalue weighted by Crippen LogP contribution is 2.28. The minimum Gasteiger partial charge on any atom is -0.495 e. The fraction of sp³-hybridized carbons (Fsp3) is 0.174. The lowest BCUT2D eigenvalue weighted by molar-refractivity contribution is -0.114. The van der Waals surface area contributed by atoms with Crippen molar-refractivity contribution >= 4 is 43.2 Å². The number of ether oxygens (including phenoxy) is 1. The Kier molecular flexibility index (Phi) is 7.02. The third kappa shape index (κ3) is 5.45. The Balaban J connectivity index is 1.97. The lowest BCUT2D eigenvalue weighted by atomic mass is 10.2. The van der Waals surface area contributed by atoms with E-state index in [1.54, 1.807) is 48.5 Å². The van der Waals surface area contributed by atoms with Gasteiger partial charge in [0.2, 0.25) is 5.91 Å². The second-order valence-electron chi connectivity index (χ2n) is 7.06. The molecule has 0 heterocycles. The monoisotopic (exact) mass is 502 g/mol. The van der Waals surface area contributed by atoms with Crippen LogP contribution in [0.3, 0.4) is 0 Å². The Hall–Kier alpha value is -2.84. The van der Waals surface area contributed by atoms with E-state index in [9.17, 15) is 13.2 Å². The zero-order chi connectivity index (χ0) is 22.6. The summed E-state index contributed by atoms with van der Waals surface area (Å²) in [5, 5.41) is 2.77. The highest BCUT2D eigenvalue weighted by atomic mass is 79.9. The van der Waals surface area contributed by atoms with Crippen molar-refractivity contribution in [2.75, 3.05) is 23.3 Å². The standard InChI is InChI=1S/C23H23BrN2O4S/c1-16-7-10-20(11-8-16)31(28,29)26(19-6-4-5-18(24)14-19)15-23(27)25-21-13-17(2)9-12-22(21)30-3/h4-14H,15H2,1-3H3,(H,25,27). The van der Waals surface area contributed by atoms with E-state index >= 15 is 0 Å². The molecule has 0 aliphatic carbocycles. The van der Waals surface area contributed by atoms with Crippen LogP contribution in [0.4, 0.5) is 11.4 Å². The van der Waals surface area contributed by atoms with Gasteiger partial charge >= 0.3 is 0 Å². The van der Waals surface area contributed by atoms with Crippen LogP contribution in [0.25, 0.3) is 0 Å². The molecule has 0 fully saturated rings. The van der Waals surface area contributed by atoms with Crippen molar-refractivity contribution in [3.8, 4) is 5.75 Å². The van der Waals surface area contributed by atoms with E-state index < -0.39 is 22.5 Å². The first-order chi connectivity index (χ1) is 14.7. The summed E-state index contributed by atoms with van der Waals surface area (Å²) >= 11 is 3.37. The first-order valence-corrected chi connectivity index (χ1v) is 11.7. The number of anilines is 2. The summed E-state index contributed by atoms with van der Waals surface area (Å²) in [6.07, 6.45) is 0. The van der Waals surface area contributed by atoms with E-state index in [1.165, 1.54) is 19.2 Å². The Labute approximate surface area is 191 Å². The van der Waals surface area contributed by atoms with Crippen LogP contribution in [0.5, 0.6) is 5.75 Å². The predicted octanol–water partition coefficient (Wildman–Crippen LogP) is 4.91. The summed E-state index contributed by atoms with van der Waals surface area (Å²) in [7, 11) is -2.47. The minimum atomic E-state index is -3.98. The Morgan fingerprint density at radius 3 is 2.32 bits per heavy atom. The highest BCUT2D eigenvalue weighted by molar-refractivity contribution is 9.10. The summed E-state index contributed by atoms with van der Waals surface area (Å²) in [4.78, 5) is 13.0. The average molecular weight is 503 g/mol. The quantitative estimate of drug-likeness (QED) is 0.497. The van der Waals surface area contributed by atoms with E-state index in [2.05, 4.69) is 21.2 Å². The molecule has 8 heteroatoms. The van der Waals surface area contributed by atoms with Gasteiger partial charge in [-0.25, -0.2) is 8.42 Å². The second kappa shape index (κ2) is 9.53. The zero-order valence-corrected chi connectivity index (χ0v) is 19.8. The number of benzene rings is 3. The maximum absolute atomic E-state index is 13.4. The van der Waals surface area contributed by atoms with Gasteiger partial charge in [-0.15, -0.1) is 0 Å². The van der Waals surface area contributed by atoms with Gasteiger partial charge in [0.1, 0.15) is 12.3 Å². The van der Waals surface area contributed by atoms with Gasteiger partial charge in [0.25, 0.3) is 10.0 Å². The number of nitrogens with one attached hydrogen (secondary N) is 1. The van der Waals surface area contributed by atoms with Crippen LogP contribution < -0.4 is 14.4 Å². The number of rotatable bonds is 7. The summed E-state index contributed by atoms with van der Waals surface area (Å²) in [6.45, 7) is 3.37. The smallest absolute Gasteiger partial charge is 0.264 e. The lowest BCUT2D eigenvalue weighted by Gasteiger charge is -2.24. The van der Waals surface area contributed by atoms with Crippen LogP contribution in [0.2, 0.25) is 0 Å². The summed E-state index contributed by atoms with van der Waals surface area (Å²) in [5.74, 6) is 0.00825. The molecule has 1 amide bonds. The molecule has 0 aromatic heterocycles. The molecule has 0 saturated carbocycles. The van der Waals surface area contributed by atoms with E-state index in [0.717, 1.165) is 15.4 Å². The van der Waals surface area contributed by atoms with Gasteiger partial charge in [0, 0.05) is 4.47 Å². The predicted molar refractivity (Wildman–Crippen MR) is 126 cm³/mol. The molecule has 3 rings (SSSR count). The summed E-state index contributed by atoms with van der Waals surface area (Å²) in [5.41, 5.74) is 2.74. The number of nitrogens with zero attached hydrogens (tertiary/aromatic N) is 1. The molecule has 3 aromatic rings. The maximum Gasteiger partial charge on any atom is 0.264 e. The van der Waals surface area contributed by atoms with E-state index in [1.807, 2.05) is 19.9 Å². The normalized spacial score (nSPS) is 11.1. The van der Waals surface area contributed by atoms with E-state index in [4.69, 9.17) is 4.74 Å². The van der Waals surface area contributed by atoms with Crippen molar-refractivity contribution < 1.29 is 17.9 Å². The van der Waals surface area contributed by atoms with Crippen LogP contribution >= 0.6 is 15.9 Å². The number of sulfonamides is 1. The zero-order valence-electron chi connectivity index (χ0n) is 17.4. The van der Waals surface area contributed by atoms with Gasteiger partial charge in [-0.1, -0.05) is 45.8 Å². The van der Waals surface area contributed by atoms with Gasteiger partial charge in [-0.3, -0.25) is 9.10 Å². The Morgan fingerprint density at radius 1 is 1.00 bits per heavy atom. The molecule has 0 spiro atoms. The van der Waals surface area contributed by atoms with Gasteiger partial charge in [-0.05, 0) is 61.9 Å². The number of aryl methyl sites for hydroxylation is 2. The molecule has 0 atom stereocenters. The van der Waals surface area contributed by atoms with Crippen molar-refractivity contribution in [3.63, 3.8) is 0 Å². The molecule has 0 saturated heterocycles. The number of methoxy groups -OCH3 is 1. The summed E-state index contributed by atoms with van der Waals surface area (Å²) < 4.78 is 34.0. The van der Waals surface area contributed by atoms with Crippen molar-refractivity contribution in [1.82, 2.24) is 0 Å². The topological polar surface area (TPSA) is 75.7 Å². The third-order valence-electron chi connectivity index (χ3n) is 4.62. The molecule has 0 aliphatic heterocycles. The van der Waals surface area contributed by atoms with Gasteiger partial charge in [-0.2, -0.15) is 0 Å². The molecule has 3 aromatic carbocycles. The summed E-state index contributed by atoms with van der Waals surface area (Å²) in [6, 6.07) is 18.7. The number of carbonyl (C=O) groups is 1. The van der Waals surface area contributed by atoms with Crippen molar-refractivity contribution in [1.29, 1.82) is 0 Å². The molecule has 31 heavy (non-hydrogen) atoms. The Morgan fingerprint density at radius 2 is 1.68 bits per heavy atom. The average Bonchev–Trinajstić information content (AvgIpc) is 2.72. The largest absolute Gasteiger partial charge is 0.495 e. The molecule has 0 bridgehead atoms.